The quantitative estimate of drug-likeness (QED) is 0.618. The molecule has 2 aromatic heterocycles. The van der Waals surface area contributed by atoms with E-state index in [1.165, 1.54) is 0 Å². The summed E-state index contributed by atoms with van der Waals surface area (Å²) in [6.45, 7) is 4.81. The lowest BCUT2D eigenvalue weighted by molar-refractivity contribution is 0.0791. The molecule has 0 radical (unpaired) electrons. The first-order chi connectivity index (χ1) is 12.5. The number of nitrogens with zero attached hydrogens (tertiary/aromatic N) is 2. The second-order valence-electron chi connectivity index (χ2n) is 6.97. The predicted molar refractivity (Wildman–Crippen MR) is 118 cm³/mol. The van der Waals surface area contributed by atoms with Gasteiger partial charge in [0.1, 0.15) is 5.69 Å². The Kier molecular flexibility index (Phi) is 8.95. The molecule has 0 aliphatic rings. The van der Waals surface area contributed by atoms with Gasteiger partial charge in [-0.1, -0.05) is 32.0 Å². The number of benzene rings is 1. The van der Waals surface area contributed by atoms with Gasteiger partial charge in [-0.3, -0.25) is 4.79 Å². The fourth-order valence-electron chi connectivity index (χ4n) is 2.89. The molecule has 0 fully saturated rings. The highest BCUT2D eigenvalue weighted by molar-refractivity contribution is 6.07. The Morgan fingerprint density at radius 1 is 1.18 bits per heavy atom. The van der Waals surface area contributed by atoms with Crippen molar-refractivity contribution in [3.8, 4) is 11.5 Å². The van der Waals surface area contributed by atoms with Crippen LogP contribution in [-0.2, 0) is 0 Å². The van der Waals surface area contributed by atoms with Crippen LogP contribution in [0.2, 0.25) is 0 Å². The molecule has 0 aliphatic heterocycles. The van der Waals surface area contributed by atoms with Crippen LogP contribution in [0.25, 0.3) is 22.4 Å². The average Bonchev–Trinajstić information content (AvgIpc) is 3.19. The van der Waals surface area contributed by atoms with Crippen LogP contribution >= 0.6 is 24.8 Å². The van der Waals surface area contributed by atoms with Crippen LogP contribution < -0.4 is 5.73 Å². The zero-order valence-corrected chi connectivity index (χ0v) is 17.9. The van der Waals surface area contributed by atoms with Gasteiger partial charge in [0.05, 0.1) is 17.3 Å². The second-order valence-corrected chi connectivity index (χ2v) is 6.97. The van der Waals surface area contributed by atoms with Crippen molar-refractivity contribution in [2.45, 2.75) is 26.3 Å². The molecule has 2 N–H and O–H groups in total. The van der Waals surface area contributed by atoms with E-state index in [9.17, 15) is 4.79 Å². The van der Waals surface area contributed by atoms with Crippen LogP contribution in [0, 0.1) is 5.92 Å². The van der Waals surface area contributed by atoms with E-state index in [0.717, 1.165) is 17.3 Å². The normalized spacial score (nSPS) is 11.6. The summed E-state index contributed by atoms with van der Waals surface area (Å²) in [5.74, 6) is 1.01. The fraction of sp³-hybridized carbons (Fsp3) is 0.333. The number of para-hydroxylation sites is 1. The van der Waals surface area contributed by atoms with Crippen LogP contribution in [-0.4, -0.2) is 35.4 Å². The number of carbonyl (C=O) groups is 1. The largest absolute Gasteiger partial charge is 0.463 e. The van der Waals surface area contributed by atoms with Gasteiger partial charge in [-0.2, -0.15) is 0 Å². The molecule has 0 bridgehead atoms. The smallest absolute Gasteiger partial charge is 0.254 e. The van der Waals surface area contributed by atoms with Gasteiger partial charge in [0, 0.05) is 25.0 Å². The summed E-state index contributed by atoms with van der Waals surface area (Å²) >= 11 is 0. The Bertz CT molecular complexity index is 898. The zero-order valence-electron chi connectivity index (χ0n) is 16.3. The van der Waals surface area contributed by atoms with Gasteiger partial charge >= 0.3 is 0 Å². The van der Waals surface area contributed by atoms with Gasteiger partial charge in [0.15, 0.2) is 5.76 Å². The first-order valence-electron chi connectivity index (χ1n) is 8.92. The number of aromatic nitrogens is 1. The van der Waals surface area contributed by atoms with E-state index in [2.05, 4.69) is 18.8 Å². The summed E-state index contributed by atoms with van der Waals surface area (Å²) in [5, 5.41) is 0.841. The number of amides is 1. The standard InChI is InChI=1S/C21H25N3O2.2ClH/c1-14(2)17(22)10-11-24(3)21(25)16-13-19(20-9-6-12-26-20)23-18-8-5-4-7-15(16)18;;/h4-9,12-14,17H,10-11,22H2,1-3H3;2*1H. The summed E-state index contributed by atoms with van der Waals surface area (Å²) in [6.07, 6.45) is 2.38. The van der Waals surface area contributed by atoms with Crippen molar-refractivity contribution in [3.63, 3.8) is 0 Å². The Morgan fingerprint density at radius 3 is 2.54 bits per heavy atom. The van der Waals surface area contributed by atoms with E-state index in [1.807, 2.05) is 49.5 Å². The third-order valence-corrected chi connectivity index (χ3v) is 4.72. The van der Waals surface area contributed by atoms with Gasteiger partial charge in [-0.05, 0) is 36.6 Å². The Labute approximate surface area is 178 Å². The van der Waals surface area contributed by atoms with Crippen LogP contribution in [0.4, 0.5) is 0 Å². The van der Waals surface area contributed by atoms with E-state index >= 15 is 0 Å². The minimum Gasteiger partial charge on any atom is -0.463 e. The number of rotatable bonds is 6. The highest BCUT2D eigenvalue weighted by atomic mass is 35.5. The van der Waals surface area contributed by atoms with E-state index in [0.29, 0.717) is 29.5 Å². The Hall–Kier alpha value is -2.08. The van der Waals surface area contributed by atoms with Gasteiger partial charge in [0.25, 0.3) is 5.91 Å². The number of furan rings is 1. The molecule has 152 valence electrons. The molecule has 1 amide bonds. The molecule has 1 aromatic carbocycles. The number of carbonyl (C=O) groups excluding carboxylic acids is 1. The molecule has 5 nitrogen and oxygen atoms in total. The van der Waals surface area contributed by atoms with Crippen LogP contribution in [0.5, 0.6) is 0 Å². The zero-order chi connectivity index (χ0) is 18.7. The second kappa shape index (κ2) is 10.5. The predicted octanol–water partition coefficient (Wildman–Crippen LogP) is 4.78. The summed E-state index contributed by atoms with van der Waals surface area (Å²) in [5.41, 5.74) is 8.18. The molecule has 28 heavy (non-hydrogen) atoms. The van der Waals surface area contributed by atoms with Crippen molar-refractivity contribution < 1.29 is 9.21 Å². The molecule has 0 saturated heterocycles. The van der Waals surface area contributed by atoms with Gasteiger partial charge in [-0.25, -0.2) is 4.98 Å². The lowest BCUT2D eigenvalue weighted by Gasteiger charge is -2.22. The van der Waals surface area contributed by atoms with Crippen LogP contribution in [0.3, 0.4) is 0 Å². The lowest BCUT2D eigenvalue weighted by Crippen LogP contribution is -2.34. The topological polar surface area (TPSA) is 72.4 Å². The minimum atomic E-state index is -0.0348. The van der Waals surface area contributed by atoms with Gasteiger partial charge in [0.2, 0.25) is 0 Å². The summed E-state index contributed by atoms with van der Waals surface area (Å²) in [4.78, 5) is 19.5. The minimum absolute atomic E-state index is 0. The first kappa shape index (κ1) is 24.0. The molecule has 7 heteroatoms. The summed E-state index contributed by atoms with van der Waals surface area (Å²) in [6, 6.07) is 13.2. The number of hydrogen-bond donors (Lipinski definition) is 1. The number of hydrogen-bond acceptors (Lipinski definition) is 4. The van der Waals surface area contributed by atoms with Crippen molar-refractivity contribution in [1.82, 2.24) is 9.88 Å². The van der Waals surface area contributed by atoms with Crippen molar-refractivity contribution in [2.24, 2.45) is 11.7 Å². The number of pyridine rings is 1. The molecule has 0 spiro atoms. The Morgan fingerprint density at radius 2 is 1.89 bits per heavy atom. The molecular weight excluding hydrogens is 397 g/mol. The summed E-state index contributed by atoms with van der Waals surface area (Å²) in [7, 11) is 1.82. The SMILES string of the molecule is CC(C)C(N)CCN(C)C(=O)c1cc(-c2ccco2)nc2ccccc12.Cl.Cl. The monoisotopic (exact) mass is 423 g/mol. The number of nitrogens with two attached hydrogens (primary N) is 1. The van der Waals surface area contributed by atoms with Crippen LogP contribution in [0.1, 0.15) is 30.6 Å². The van der Waals surface area contributed by atoms with E-state index in [1.54, 1.807) is 11.2 Å². The first-order valence-corrected chi connectivity index (χ1v) is 8.92. The lowest BCUT2D eigenvalue weighted by atomic mass is 10.0. The molecule has 3 aromatic rings. The highest BCUT2D eigenvalue weighted by Gasteiger charge is 2.19. The summed E-state index contributed by atoms with van der Waals surface area (Å²) < 4.78 is 5.47. The van der Waals surface area contributed by atoms with Gasteiger partial charge in [-0.15, -0.1) is 24.8 Å². The van der Waals surface area contributed by atoms with E-state index in [4.69, 9.17) is 10.2 Å². The maximum Gasteiger partial charge on any atom is 0.254 e. The molecular formula is C21H27Cl2N3O2. The highest BCUT2D eigenvalue weighted by Crippen LogP contribution is 2.26. The Balaban J connectivity index is 0.00000196. The van der Waals surface area contributed by atoms with E-state index < -0.39 is 0 Å². The average molecular weight is 424 g/mol. The molecule has 1 atom stereocenters. The number of fused-ring (bicyclic) bond motifs is 1. The maximum absolute atomic E-state index is 13.1. The van der Waals surface area contributed by atoms with Crippen molar-refractivity contribution in [2.75, 3.05) is 13.6 Å². The third kappa shape index (κ3) is 5.25. The maximum atomic E-state index is 13.1. The molecule has 0 saturated carbocycles. The molecule has 0 aliphatic carbocycles. The fourth-order valence-corrected chi connectivity index (χ4v) is 2.89. The third-order valence-electron chi connectivity index (χ3n) is 4.72. The molecule has 2 heterocycles. The molecule has 1 unspecified atom stereocenters. The number of halogens is 2. The van der Waals surface area contributed by atoms with Crippen LogP contribution in [0.15, 0.2) is 53.1 Å². The van der Waals surface area contributed by atoms with E-state index in [-0.39, 0.29) is 36.8 Å². The van der Waals surface area contributed by atoms with Crippen molar-refractivity contribution in [3.05, 3.63) is 54.3 Å². The van der Waals surface area contributed by atoms with Gasteiger partial charge < -0.3 is 15.1 Å². The molecule has 3 rings (SSSR count). The van der Waals surface area contributed by atoms with Crippen molar-refractivity contribution in [1.29, 1.82) is 0 Å². The van der Waals surface area contributed by atoms with Crippen molar-refractivity contribution >= 4 is 41.6 Å².